The second kappa shape index (κ2) is 7.80. The quantitative estimate of drug-likeness (QED) is 0.724. The molecule has 0 radical (unpaired) electrons. The molecular formula is C19H20N4O2S. The van der Waals surface area contributed by atoms with Crippen molar-refractivity contribution in [1.82, 2.24) is 14.8 Å². The van der Waals surface area contributed by atoms with E-state index in [0.29, 0.717) is 5.69 Å². The molecule has 1 fully saturated rings. The summed E-state index contributed by atoms with van der Waals surface area (Å²) in [4.78, 5) is 16.8. The standard InChI is InChI=1S/C19H20N4O2S/c24-18(9-15-13-26-19(22-15)14-5-2-1-3-6-14)21-16-10-20-23(11-16)12-17-7-4-8-25-17/h1-3,5-6,10-11,13,17H,4,7-9,12H2,(H,21,24)/t17-/m1/s1. The van der Waals surface area contributed by atoms with Crippen molar-refractivity contribution < 1.29 is 9.53 Å². The number of carbonyl (C=O) groups is 1. The lowest BCUT2D eigenvalue weighted by atomic mass is 10.2. The van der Waals surface area contributed by atoms with Crippen LogP contribution in [0.4, 0.5) is 5.69 Å². The Balaban J connectivity index is 1.33. The van der Waals surface area contributed by atoms with Crippen LogP contribution in [0.5, 0.6) is 0 Å². The smallest absolute Gasteiger partial charge is 0.230 e. The molecule has 1 aliphatic heterocycles. The SMILES string of the molecule is O=C(Cc1csc(-c2ccccc2)n1)Nc1cnn(C[C@H]2CCCO2)c1. The third-order valence-corrected chi connectivity index (χ3v) is 5.19. The van der Waals surface area contributed by atoms with E-state index in [1.54, 1.807) is 17.5 Å². The van der Waals surface area contributed by atoms with Gasteiger partial charge in [0.1, 0.15) is 5.01 Å². The highest BCUT2D eigenvalue weighted by Crippen LogP contribution is 2.23. The van der Waals surface area contributed by atoms with Gasteiger partial charge < -0.3 is 10.1 Å². The number of rotatable bonds is 6. The van der Waals surface area contributed by atoms with Gasteiger partial charge in [0.25, 0.3) is 0 Å². The van der Waals surface area contributed by atoms with Gasteiger partial charge in [-0.25, -0.2) is 4.98 Å². The Morgan fingerprint density at radius 1 is 1.35 bits per heavy atom. The van der Waals surface area contributed by atoms with E-state index in [2.05, 4.69) is 15.4 Å². The van der Waals surface area contributed by atoms with E-state index >= 15 is 0 Å². The van der Waals surface area contributed by atoms with Crippen molar-refractivity contribution >= 4 is 22.9 Å². The first-order valence-electron chi connectivity index (χ1n) is 8.70. The molecule has 6 nitrogen and oxygen atoms in total. The second-order valence-corrected chi connectivity index (χ2v) is 7.18. The number of aromatic nitrogens is 3. The van der Waals surface area contributed by atoms with Crippen LogP contribution in [0.3, 0.4) is 0 Å². The first-order valence-corrected chi connectivity index (χ1v) is 9.58. The predicted octanol–water partition coefficient (Wildman–Crippen LogP) is 3.37. The number of anilines is 1. The summed E-state index contributed by atoms with van der Waals surface area (Å²) in [6.45, 7) is 1.55. The van der Waals surface area contributed by atoms with E-state index < -0.39 is 0 Å². The lowest BCUT2D eigenvalue weighted by Crippen LogP contribution is -2.16. The zero-order valence-corrected chi connectivity index (χ0v) is 15.1. The van der Waals surface area contributed by atoms with Crippen molar-refractivity contribution in [1.29, 1.82) is 0 Å². The first-order chi connectivity index (χ1) is 12.8. The number of benzene rings is 1. The molecule has 0 bridgehead atoms. The molecule has 7 heteroatoms. The summed E-state index contributed by atoms with van der Waals surface area (Å²) < 4.78 is 7.43. The maximum Gasteiger partial charge on any atom is 0.230 e. The van der Waals surface area contributed by atoms with Crippen LogP contribution in [0.2, 0.25) is 0 Å². The maximum absolute atomic E-state index is 12.3. The van der Waals surface area contributed by atoms with Gasteiger partial charge in [-0.15, -0.1) is 11.3 Å². The number of nitrogens with zero attached hydrogens (tertiary/aromatic N) is 3. The normalized spacial score (nSPS) is 16.7. The highest BCUT2D eigenvalue weighted by atomic mass is 32.1. The number of carbonyl (C=O) groups excluding carboxylic acids is 1. The van der Waals surface area contributed by atoms with Crippen LogP contribution in [0.15, 0.2) is 48.1 Å². The van der Waals surface area contributed by atoms with Crippen molar-refractivity contribution in [2.24, 2.45) is 0 Å². The molecule has 1 aliphatic rings. The van der Waals surface area contributed by atoms with Gasteiger partial charge in [0, 0.05) is 23.7 Å². The molecule has 1 saturated heterocycles. The average Bonchev–Trinajstić information content (AvgIpc) is 3.39. The van der Waals surface area contributed by atoms with Crippen molar-refractivity contribution in [2.75, 3.05) is 11.9 Å². The summed E-state index contributed by atoms with van der Waals surface area (Å²) in [6, 6.07) is 9.98. The first kappa shape index (κ1) is 16.9. The Bertz CT molecular complexity index is 869. The molecule has 0 unspecified atom stereocenters. The number of amides is 1. The summed E-state index contributed by atoms with van der Waals surface area (Å²) in [5.74, 6) is -0.0911. The van der Waals surface area contributed by atoms with Crippen LogP contribution in [0.25, 0.3) is 10.6 Å². The minimum Gasteiger partial charge on any atom is -0.376 e. The minimum atomic E-state index is -0.0911. The van der Waals surface area contributed by atoms with Gasteiger partial charge in [-0.1, -0.05) is 30.3 Å². The summed E-state index contributed by atoms with van der Waals surface area (Å²) in [5, 5.41) is 10.0. The third-order valence-electron chi connectivity index (χ3n) is 4.25. The molecule has 26 heavy (non-hydrogen) atoms. The summed E-state index contributed by atoms with van der Waals surface area (Å²) in [7, 11) is 0. The highest BCUT2D eigenvalue weighted by molar-refractivity contribution is 7.13. The Kier molecular flexibility index (Phi) is 5.08. The fraction of sp³-hybridized carbons (Fsp3) is 0.316. The number of nitrogens with one attached hydrogen (secondary N) is 1. The zero-order chi connectivity index (χ0) is 17.8. The molecule has 3 aromatic rings. The average molecular weight is 368 g/mol. The van der Waals surface area contributed by atoms with Gasteiger partial charge >= 0.3 is 0 Å². The van der Waals surface area contributed by atoms with E-state index in [0.717, 1.165) is 42.3 Å². The van der Waals surface area contributed by atoms with Gasteiger partial charge in [-0.05, 0) is 12.8 Å². The fourth-order valence-corrected chi connectivity index (χ4v) is 3.82. The Morgan fingerprint density at radius 2 is 2.23 bits per heavy atom. The van der Waals surface area contributed by atoms with Crippen LogP contribution in [0.1, 0.15) is 18.5 Å². The topological polar surface area (TPSA) is 69.0 Å². The second-order valence-electron chi connectivity index (χ2n) is 6.32. The van der Waals surface area contributed by atoms with E-state index in [9.17, 15) is 4.79 Å². The third kappa shape index (κ3) is 4.17. The van der Waals surface area contributed by atoms with Crippen LogP contribution in [-0.2, 0) is 22.5 Å². The number of thiazole rings is 1. The van der Waals surface area contributed by atoms with E-state index in [1.165, 1.54) is 0 Å². The zero-order valence-electron chi connectivity index (χ0n) is 14.3. The molecular weight excluding hydrogens is 348 g/mol. The maximum atomic E-state index is 12.3. The molecule has 134 valence electrons. The van der Waals surface area contributed by atoms with E-state index in [1.807, 2.05) is 46.6 Å². The molecule has 0 aliphatic carbocycles. The van der Waals surface area contributed by atoms with Crippen molar-refractivity contribution in [3.63, 3.8) is 0 Å². The van der Waals surface area contributed by atoms with Gasteiger partial charge in [-0.2, -0.15) is 5.10 Å². The van der Waals surface area contributed by atoms with Gasteiger partial charge in [0.15, 0.2) is 0 Å². The molecule has 1 amide bonds. The van der Waals surface area contributed by atoms with Crippen LogP contribution < -0.4 is 5.32 Å². The molecule has 2 aromatic heterocycles. The van der Waals surface area contributed by atoms with E-state index in [4.69, 9.17) is 4.74 Å². The minimum absolute atomic E-state index is 0.0911. The number of hydrogen-bond acceptors (Lipinski definition) is 5. The molecule has 1 N–H and O–H groups in total. The van der Waals surface area contributed by atoms with E-state index in [-0.39, 0.29) is 18.4 Å². The van der Waals surface area contributed by atoms with Crippen LogP contribution in [0, 0.1) is 0 Å². The van der Waals surface area contributed by atoms with Crippen molar-refractivity contribution in [3.8, 4) is 10.6 Å². The Labute approximate surface area is 155 Å². The predicted molar refractivity (Wildman–Crippen MR) is 101 cm³/mol. The van der Waals surface area contributed by atoms with Gasteiger partial charge in [0.2, 0.25) is 5.91 Å². The van der Waals surface area contributed by atoms with Gasteiger partial charge in [0.05, 0.1) is 36.6 Å². The largest absolute Gasteiger partial charge is 0.376 e. The summed E-state index contributed by atoms with van der Waals surface area (Å²) in [6.07, 6.45) is 6.16. The lowest BCUT2D eigenvalue weighted by molar-refractivity contribution is -0.115. The highest BCUT2D eigenvalue weighted by Gasteiger charge is 2.16. The molecule has 3 heterocycles. The van der Waals surface area contributed by atoms with Crippen molar-refractivity contribution in [3.05, 3.63) is 53.8 Å². The Morgan fingerprint density at radius 3 is 3.04 bits per heavy atom. The summed E-state index contributed by atoms with van der Waals surface area (Å²) >= 11 is 1.55. The van der Waals surface area contributed by atoms with Crippen molar-refractivity contribution in [2.45, 2.75) is 31.9 Å². The lowest BCUT2D eigenvalue weighted by Gasteiger charge is -2.08. The number of hydrogen-bond donors (Lipinski definition) is 1. The molecule has 4 rings (SSSR count). The number of ether oxygens (including phenoxy) is 1. The van der Waals surface area contributed by atoms with Crippen LogP contribution >= 0.6 is 11.3 Å². The molecule has 0 saturated carbocycles. The van der Waals surface area contributed by atoms with Gasteiger partial charge in [-0.3, -0.25) is 9.48 Å². The molecule has 0 spiro atoms. The summed E-state index contributed by atoms with van der Waals surface area (Å²) in [5.41, 5.74) is 2.55. The van der Waals surface area contributed by atoms with Crippen LogP contribution in [-0.4, -0.2) is 33.4 Å². The Hall–Kier alpha value is -2.51. The monoisotopic (exact) mass is 368 g/mol. The molecule has 1 aromatic carbocycles. The fourth-order valence-electron chi connectivity index (χ4n) is 3.00. The molecule has 1 atom stereocenters.